The average molecular weight is 349 g/mol. The van der Waals surface area contributed by atoms with Crippen LogP contribution in [0.5, 0.6) is 0 Å². The first kappa shape index (κ1) is 16.3. The average Bonchev–Trinajstić information content (AvgIpc) is 3.14. The van der Waals surface area contributed by atoms with Gasteiger partial charge in [-0.2, -0.15) is 0 Å². The second-order valence-corrected chi connectivity index (χ2v) is 6.27. The maximum Gasteiger partial charge on any atom is 0.226 e. The van der Waals surface area contributed by atoms with Crippen molar-refractivity contribution in [1.29, 1.82) is 0 Å². The monoisotopic (exact) mass is 349 g/mol. The van der Waals surface area contributed by atoms with Crippen LogP contribution in [-0.2, 0) is 11.2 Å². The SMILES string of the molecule is Cc1cnc(NC(=O)CCc2ncc(-c3c(F)cccc3F)o2)s1. The number of hydrogen-bond acceptors (Lipinski definition) is 5. The van der Waals surface area contributed by atoms with Crippen LogP contribution in [0.15, 0.2) is 35.0 Å². The third-order valence-electron chi connectivity index (χ3n) is 3.20. The normalized spacial score (nSPS) is 10.8. The van der Waals surface area contributed by atoms with Crippen LogP contribution in [0.2, 0.25) is 0 Å². The number of amides is 1. The molecule has 0 saturated carbocycles. The van der Waals surface area contributed by atoms with Gasteiger partial charge in [-0.1, -0.05) is 6.07 Å². The molecule has 1 N–H and O–H groups in total. The Bertz CT molecular complexity index is 856. The molecule has 0 radical (unpaired) electrons. The van der Waals surface area contributed by atoms with Gasteiger partial charge in [0, 0.05) is 23.9 Å². The third kappa shape index (κ3) is 3.65. The largest absolute Gasteiger partial charge is 0.441 e. The van der Waals surface area contributed by atoms with E-state index in [-0.39, 0.29) is 36.0 Å². The van der Waals surface area contributed by atoms with Gasteiger partial charge in [0.1, 0.15) is 11.6 Å². The van der Waals surface area contributed by atoms with Gasteiger partial charge in [-0.25, -0.2) is 18.7 Å². The standard InChI is InChI=1S/C16H13F2N3O2S/c1-9-7-20-16(24-9)21-13(22)5-6-14-19-8-12(23-14)15-10(17)3-2-4-11(15)18/h2-4,7-8H,5-6H2,1H3,(H,20,21,22). The first-order valence-corrected chi connectivity index (χ1v) is 7.96. The summed E-state index contributed by atoms with van der Waals surface area (Å²) in [5.74, 6) is -1.46. The molecule has 2 aromatic heterocycles. The Morgan fingerprint density at radius 3 is 2.67 bits per heavy atom. The molecule has 0 unspecified atom stereocenters. The van der Waals surface area contributed by atoms with Crippen molar-refractivity contribution < 1.29 is 18.0 Å². The summed E-state index contributed by atoms with van der Waals surface area (Å²) in [7, 11) is 0. The third-order valence-corrected chi connectivity index (χ3v) is 4.02. The van der Waals surface area contributed by atoms with Crippen LogP contribution in [0.4, 0.5) is 13.9 Å². The van der Waals surface area contributed by atoms with E-state index in [9.17, 15) is 13.6 Å². The summed E-state index contributed by atoms with van der Waals surface area (Å²) in [5, 5.41) is 3.20. The molecular formula is C16H13F2N3O2S. The summed E-state index contributed by atoms with van der Waals surface area (Å²) in [6.07, 6.45) is 3.26. The molecule has 0 aliphatic carbocycles. The van der Waals surface area contributed by atoms with E-state index in [0.717, 1.165) is 17.0 Å². The van der Waals surface area contributed by atoms with E-state index in [4.69, 9.17) is 4.42 Å². The lowest BCUT2D eigenvalue weighted by molar-refractivity contribution is -0.116. The van der Waals surface area contributed by atoms with E-state index in [2.05, 4.69) is 15.3 Å². The molecule has 1 amide bonds. The molecule has 0 bridgehead atoms. The van der Waals surface area contributed by atoms with Gasteiger partial charge in [0.05, 0.1) is 11.8 Å². The number of anilines is 1. The molecule has 5 nitrogen and oxygen atoms in total. The molecular weight excluding hydrogens is 336 g/mol. The fourth-order valence-corrected chi connectivity index (χ4v) is 2.77. The topological polar surface area (TPSA) is 68.0 Å². The van der Waals surface area contributed by atoms with Crippen LogP contribution < -0.4 is 5.32 Å². The molecule has 0 spiro atoms. The second-order valence-electron chi connectivity index (χ2n) is 5.04. The van der Waals surface area contributed by atoms with Crippen LogP contribution in [0.25, 0.3) is 11.3 Å². The number of benzene rings is 1. The number of nitrogens with one attached hydrogen (secondary N) is 1. The van der Waals surface area contributed by atoms with Gasteiger partial charge in [0.25, 0.3) is 0 Å². The van der Waals surface area contributed by atoms with Gasteiger partial charge < -0.3 is 9.73 Å². The van der Waals surface area contributed by atoms with E-state index in [1.165, 1.54) is 23.6 Å². The number of aryl methyl sites for hydroxylation is 2. The number of carbonyl (C=O) groups is 1. The lowest BCUT2D eigenvalue weighted by atomic mass is 10.1. The Balaban J connectivity index is 1.63. The van der Waals surface area contributed by atoms with Gasteiger partial charge in [-0.15, -0.1) is 11.3 Å². The summed E-state index contributed by atoms with van der Waals surface area (Å²) in [4.78, 5) is 20.8. The molecule has 0 saturated heterocycles. The molecule has 3 rings (SSSR count). The Hall–Kier alpha value is -2.61. The van der Waals surface area contributed by atoms with Gasteiger partial charge in [0.2, 0.25) is 5.91 Å². The molecule has 124 valence electrons. The quantitative estimate of drug-likeness (QED) is 0.757. The van der Waals surface area contributed by atoms with Crippen LogP contribution in [0, 0.1) is 18.6 Å². The van der Waals surface area contributed by atoms with Crippen LogP contribution >= 0.6 is 11.3 Å². The van der Waals surface area contributed by atoms with Gasteiger partial charge in [-0.05, 0) is 19.1 Å². The molecule has 24 heavy (non-hydrogen) atoms. The Morgan fingerprint density at radius 1 is 1.25 bits per heavy atom. The second kappa shape index (κ2) is 6.88. The zero-order chi connectivity index (χ0) is 17.1. The van der Waals surface area contributed by atoms with Crippen molar-refractivity contribution in [3.05, 3.63) is 53.0 Å². The van der Waals surface area contributed by atoms with Crippen molar-refractivity contribution in [3.63, 3.8) is 0 Å². The zero-order valence-corrected chi connectivity index (χ0v) is 13.5. The molecule has 2 heterocycles. The Labute approximate surface area is 140 Å². The minimum absolute atomic E-state index is 0.00319. The van der Waals surface area contributed by atoms with E-state index < -0.39 is 11.6 Å². The van der Waals surface area contributed by atoms with Crippen molar-refractivity contribution >= 4 is 22.4 Å². The molecule has 0 aliphatic heterocycles. The molecule has 3 aromatic rings. The maximum absolute atomic E-state index is 13.7. The lowest BCUT2D eigenvalue weighted by Crippen LogP contribution is -2.12. The van der Waals surface area contributed by atoms with E-state index in [1.807, 2.05) is 6.92 Å². The van der Waals surface area contributed by atoms with E-state index in [1.54, 1.807) is 6.20 Å². The maximum atomic E-state index is 13.7. The fourth-order valence-electron chi connectivity index (χ4n) is 2.09. The zero-order valence-electron chi connectivity index (χ0n) is 12.7. The number of thiazole rings is 1. The van der Waals surface area contributed by atoms with Gasteiger partial charge >= 0.3 is 0 Å². The number of hydrogen-bond donors (Lipinski definition) is 1. The molecule has 0 aliphatic rings. The Morgan fingerprint density at radius 2 is 2.00 bits per heavy atom. The number of oxazole rings is 1. The Kier molecular flexibility index (Phi) is 4.66. The van der Waals surface area contributed by atoms with Crippen molar-refractivity contribution in [2.45, 2.75) is 19.8 Å². The van der Waals surface area contributed by atoms with Gasteiger partial charge in [-0.3, -0.25) is 4.79 Å². The first-order chi connectivity index (χ1) is 11.5. The van der Waals surface area contributed by atoms with Crippen LogP contribution in [0.1, 0.15) is 17.2 Å². The molecule has 0 atom stereocenters. The summed E-state index contributed by atoms with van der Waals surface area (Å²) in [6, 6.07) is 3.56. The summed E-state index contributed by atoms with van der Waals surface area (Å²) >= 11 is 1.38. The number of aromatic nitrogens is 2. The van der Waals surface area contributed by atoms with Crippen molar-refractivity contribution in [1.82, 2.24) is 9.97 Å². The minimum Gasteiger partial charge on any atom is -0.441 e. The predicted molar refractivity (Wildman–Crippen MR) is 85.7 cm³/mol. The number of nitrogens with zero attached hydrogens (tertiary/aromatic N) is 2. The molecule has 8 heteroatoms. The van der Waals surface area contributed by atoms with Crippen LogP contribution in [-0.4, -0.2) is 15.9 Å². The highest BCUT2D eigenvalue weighted by Crippen LogP contribution is 2.26. The van der Waals surface area contributed by atoms with Crippen molar-refractivity contribution in [2.24, 2.45) is 0 Å². The lowest BCUT2D eigenvalue weighted by Gasteiger charge is -2.01. The molecule has 0 fully saturated rings. The van der Waals surface area contributed by atoms with Gasteiger partial charge in [0.15, 0.2) is 16.8 Å². The van der Waals surface area contributed by atoms with E-state index >= 15 is 0 Å². The number of rotatable bonds is 5. The fraction of sp³-hybridized carbons (Fsp3) is 0.188. The smallest absolute Gasteiger partial charge is 0.226 e. The number of carbonyl (C=O) groups excluding carboxylic acids is 1. The minimum atomic E-state index is -0.727. The highest BCUT2D eigenvalue weighted by molar-refractivity contribution is 7.15. The van der Waals surface area contributed by atoms with Crippen molar-refractivity contribution in [3.8, 4) is 11.3 Å². The first-order valence-electron chi connectivity index (χ1n) is 7.14. The summed E-state index contributed by atoms with van der Waals surface area (Å²) in [6.45, 7) is 1.89. The van der Waals surface area contributed by atoms with Crippen LogP contribution in [0.3, 0.4) is 0 Å². The predicted octanol–water partition coefficient (Wildman–Crippen LogP) is 3.96. The summed E-state index contributed by atoms with van der Waals surface area (Å²) < 4.78 is 32.8. The number of halogens is 2. The van der Waals surface area contributed by atoms with Crippen molar-refractivity contribution in [2.75, 3.05) is 5.32 Å². The highest BCUT2D eigenvalue weighted by Gasteiger charge is 2.16. The van der Waals surface area contributed by atoms with E-state index in [0.29, 0.717) is 5.13 Å². The molecule has 1 aromatic carbocycles. The highest BCUT2D eigenvalue weighted by atomic mass is 32.1. The summed E-state index contributed by atoms with van der Waals surface area (Å²) in [5.41, 5.74) is -0.265.